The van der Waals surface area contributed by atoms with Gasteiger partial charge in [0.15, 0.2) is 5.82 Å². The van der Waals surface area contributed by atoms with Crippen LogP contribution in [-0.2, 0) is 11.8 Å². The molecule has 4 rings (SSSR count). The van der Waals surface area contributed by atoms with Crippen LogP contribution in [0.25, 0.3) is 11.0 Å². The van der Waals surface area contributed by atoms with E-state index in [1.165, 1.54) is 0 Å². The Kier molecular flexibility index (Phi) is 6.18. The fourth-order valence-corrected chi connectivity index (χ4v) is 3.93. The summed E-state index contributed by atoms with van der Waals surface area (Å²) in [6.45, 7) is 5.85. The van der Waals surface area contributed by atoms with E-state index < -0.39 is 0 Å². The van der Waals surface area contributed by atoms with Crippen molar-refractivity contribution in [1.82, 2.24) is 19.5 Å². The van der Waals surface area contributed by atoms with E-state index in [4.69, 9.17) is 20.2 Å². The van der Waals surface area contributed by atoms with Gasteiger partial charge in [-0.2, -0.15) is 9.97 Å². The molecule has 0 bridgehead atoms. The second kappa shape index (κ2) is 9.04. The highest BCUT2D eigenvalue weighted by Gasteiger charge is 2.44. The smallest absolute Gasteiger partial charge is 0.319 e. The molecule has 1 saturated carbocycles. The first-order valence-electron chi connectivity index (χ1n) is 10.7. The van der Waals surface area contributed by atoms with Crippen LogP contribution < -0.4 is 10.5 Å². The third-order valence-electron chi connectivity index (χ3n) is 5.36. The standard InChI is InChI=1S/C23H29N7O2/c1-13(12-31-5)32-23-28-19(11-21(29-23)26-15(3)25-14(2)24)16-10-17(16)22-27-18-8-6-7-9-20(18)30(22)4/h6-9,11,13,16-17H,10,12H2,1-5H3,(H2,24,25,26,28,29)/t13-,16-,17-/m1/s1. The van der Waals surface area contributed by atoms with Crippen molar-refractivity contribution in [2.75, 3.05) is 13.7 Å². The molecular formula is C23H29N7O2. The predicted molar refractivity (Wildman–Crippen MR) is 125 cm³/mol. The van der Waals surface area contributed by atoms with Gasteiger partial charge in [0.1, 0.15) is 17.8 Å². The number of methoxy groups -OCH3 is 1. The van der Waals surface area contributed by atoms with Crippen molar-refractivity contribution >= 4 is 28.5 Å². The lowest BCUT2D eigenvalue weighted by molar-refractivity contribution is 0.0854. The number of hydrogen-bond donors (Lipinski definition) is 1. The van der Waals surface area contributed by atoms with Gasteiger partial charge in [-0.3, -0.25) is 0 Å². The summed E-state index contributed by atoms with van der Waals surface area (Å²) >= 11 is 0. The Balaban J connectivity index is 1.65. The molecule has 0 saturated heterocycles. The van der Waals surface area contributed by atoms with Crippen LogP contribution in [0.15, 0.2) is 40.3 Å². The summed E-state index contributed by atoms with van der Waals surface area (Å²) in [6, 6.07) is 10.4. The minimum Gasteiger partial charge on any atom is -0.458 e. The van der Waals surface area contributed by atoms with Crippen LogP contribution in [0.4, 0.5) is 5.82 Å². The maximum atomic E-state index is 5.89. The molecule has 0 aliphatic heterocycles. The molecule has 0 amide bonds. The number of fused-ring (bicyclic) bond motifs is 1. The van der Waals surface area contributed by atoms with Crippen molar-refractivity contribution < 1.29 is 9.47 Å². The molecule has 3 aromatic rings. The number of para-hydroxylation sites is 2. The van der Waals surface area contributed by atoms with E-state index in [2.05, 4.69) is 37.6 Å². The number of ether oxygens (including phenoxy) is 2. The zero-order valence-corrected chi connectivity index (χ0v) is 19.1. The quantitative estimate of drug-likeness (QED) is 0.449. The third-order valence-corrected chi connectivity index (χ3v) is 5.36. The van der Waals surface area contributed by atoms with Crippen molar-refractivity contribution in [2.24, 2.45) is 22.8 Å². The SMILES string of the molecule is COC[C@@H](C)Oc1nc(N=C(C)N=C(C)N)cc([C@@H]2C[C@H]2c2nc3ccccc3n2C)n1. The number of aryl methyl sites for hydroxylation is 1. The molecule has 2 N–H and O–H groups in total. The van der Waals surface area contributed by atoms with Crippen molar-refractivity contribution in [1.29, 1.82) is 0 Å². The van der Waals surface area contributed by atoms with Gasteiger partial charge in [0, 0.05) is 32.1 Å². The van der Waals surface area contributed by atoms with Crippen LogP contribution in [0.1, 0.15) is 50.5 Å². The second-order valence-corrected chi connectivity index (χ2v) is 8.20. The summed E-state index contributed by atoms with van der Waals surface area (Å²) < 4.78 is 13.2. The number of hydrogen-bond acceptors (Lipinski definition) is 6. The Labute approximate surface area is 187 Å². The molecule has 1 aromatic carbocycles. The average Bonchev–Trinajstić information content (AvgIpc) is 3.45. The Morgan fingerprint density at radius 1 is 1.22 bits per heavy atom. The van der Waals surface area contributed by atoms with Crippen molar-refractivity contribution in [2.45, 2.75) is 45.1 Å². The lowest BCUT2D eigenvalue weighted by atomic mass is 10.2. The third kappa shape index (κ3) is 4.77. The normalized spacial score (nSPS) is 19.9. The van der Waals surface area contributed by atoms with E-state index in [1.54, 1.807) is 21.0 Å². The van der Waals surface area contributed by atoms with Gasteiger partial charge < -0.3 is 19.8 Å². The summed E-state index contributed by atoms with van der Waals surface area (Å²) in [7, 11) is 3.70. The van der Waals surface area contributed by atoms with E-state index in [-0.39, 0.29) is 24.0 Å². The first kappa shape index (κ1) is 21.9. The van der Waals surface area contributed by atoms with Gasteiger partial charge in [-0.15, -0.1) is 0 Å². The highest BCUT2D eigenvalue weighted by atomic mass is 16.5. The number of rotatable bonds is 7. The van der Waals surface area contributed by atoms with Gasteiger partial charge in [0.25, 0.3) is 0 Å². The van der Waals surface area contributed by atoms with Crippen LogP contribution in [0.2, 0.25) is 0 Å². The van der Waals surface area contributed by atoms with E-state index in [0.717, 1.165) is 29.0 Å². The van der Waals surface area contributed by atoms with Crippen LogP contribution in [0.3, 0.4) is 0 Å². The first-order valence-corrected chi connectivity index (χ1v) is 10.7. The van der Waals surface area contributed by atoms with Crippen LogP contribution in [-0.4, -0.2) is 51.0 Å². The molecule has 0 radical (unpaired) electrons. The molecule has 3 atom stereocenters. The number of aromatic nitrogens is 4. The van der Waals surface area contributed by atoms with E-state index in [1.807, 2.05) is 31.2 Å². The zero-order valence-electron chi connectivity index (χ0n) is 19.1. The highest BCUT2D eigenvalue weighted by molar-refractivity contribution is 5.94. The minimum absolute atomic E-state index is 0.188. The van der Waals surface area contributed by atoms with Gasteiger partial charge in [-0.25, -0.2) is 15.0 Å². The van der Waals surface area contributed by atoms with Crippen LogP contribution in [0.5, 0.6) is 6.01 Å². The Morgan fingerprint density at radius 3 is 2.72 bits per heavy atom. The maximum Gasteiger partial charge on any atom is 0.319 e. The zero-order chi connectivity index (χ0) is 22.8. The fraction of sp³-hybridized carbons (Fsp3) is 0.435. The van der Waals surface area contributed by atoms with Crippen molar-refractivity contribution in [3.8, 4) is 6.01 Å². The van der Waals surface area contributed by atoms with Gasteiger partial charge in [-0.1, -0.05) is 12.1 Å². The van der Waals surface area contributed by atoms with Crippen LogP contribution >= 0.6 is 0 Å². The van der Waals surface area contributed by atoms with Crippen molar-refractivity contribution in [3.05, 3.63) is 41.9 Å². The highest BCUT2D eigenvalue weighted by Crippen LogP contribution is 2.54. The number of benzene rings is 1. The summed E-state index contributed by atoms with van der Waals surface area (Å²) in [5.74, 6) is 3.03. The van der Waals surface area contributed by atoms with Crippen LogP contribution in [0, 0.1) is 0 Å². The molecule has 9 heteroatoms. The molecule has 1 aliphatic rings. The number of amidine groups is 2. The van der Waals surface area contributed by atoms with E-state index in [0.29, 0.717) is 24.1 Å². The Bertz CT molecular complexity index is 1180. The largest absolute Gasteiger partial charge is 0.458 e. The summed E-state index contributed by atoms with van der Waals surface area (Å²) in [5.41, 5.74) is 8.70. The monoisotopic (exact) mass is 435 g/mol. The van der Waals surface area contributed by atoms with Gasteiger partial charge in [-0.05, 0) is 39.3 Å². The maximum absolute atomic E-state index is 5.89. The number of nitrogens with zero attached hydrogens (tertiary/aromatic N) is 6. The summed E-state index contributed by atoms with van der Waals surface area (Å²) in [4.78, 5) is 22.7. The molecule has 2 heterocycles. The number of imidazole rings is 1. The van der Waals surface area contributed by atoms with Gasteiger partial charge in [0.05, 0.1) is 29.2 Å². The molecule has 9 nitrogen and oxygen atoms in total. The van der Waals surface area contributed by atoms with Gasteiger partial charge in [0.2, 0.25) is 0 Å². The number of aliphatic imine (C=N–C) groups is 2. The van der Waals surface area contributed by atoms with Gasteiger partial charge >= 0.3 is 6.01 Å². The first-order chi connectivity index (χ1) is 15.4. The summed E-state index contributed by atoms with van der Waals surface area (Å²) in [5, 5.41) is 0. The van der Waals surface area contributed by atoms with E-state index in [9.17, 15) is 0 Å². The molecule has 0 spiro atoms. The van der Waals surface area contributed by atoms with E-state index >= 15 is 0 Å². The average molecular weight is 436 g/mol. The predicted octanol–water partition coefficient (Wildman–Crippen LogP) is 3.48. The second-order valence-electron chi connectivity index (χ2n) is 8.20. The molecule has 1 fully saturated rings. The topological polar surface area (TPSA) is 113 Å². The molecule has 2 aromatic heterocycles. The fourth-order valence-electron chi connectivity index (χ4n) is 3.93. The molecule has 32 heavy (non-hydrogen) atoms. The molecule has 0 unspecified atom stereocenters. The molecule has 168 valence electrons. The minimum atomic E-state index is -0.188. The molecule has 1 aliphatic carbocycles. The number of nitrogens with two attached hydrogens (primary N) is 1. The molecular weight excluding hydrogens is 406 g/mol. The van der Waals surface area contributed by atoms with Crippen molar-refractivity contribution in [3.63, 3.8) is 0 Å². The summed E-state index contributed by atoms with van der Waals surface area (Å²) in [6.07, 6.45) is 0.774. The lowest BCUT2D eigenvalue weighted by Crippen LogP contribution is -2.19. The lowest BCUT2D eigenvalue weighted by Gasteiger charge is -2.13. The Hall–Kier alpha value is -3.33. The Morgan fingerprint density at radius 2 is 2.00 bits per heavy atom.